The summed E-state index contributed by atoms with van der Waals surface area (Å²) < 4.78 is 0. The van der Waals surface area contributed by atoms with E-state index in [2.05, 4.69) is 5.32 Å². The van der Waals surface area contributed by atoms with E-state index in [1.165, 1.54) is 34.6 Å². The highest BCUT2D eigenvalue weighted by atomic mass is 16.5. The predicted octanol–water partition coefficient (Wildman–Crippen LogP) is 9.66. The summed E-state index contributed by atoms with van der Waals surface area (Å²) in [6, 6.07) is 42.0. The SMILES string of the molecule is CC(c1ccccc1)N(CC(=O)N(CC(=O)N(CC(=O)N(CC(=O)N(CC(=O)N(CC(N)=O)[C@H](C)c1ccccc1)C(C)c1ccccc1)[C@H](C)c1ccccc1)[C@H](C)c1ccccc1)C1CC(C)(C)N(O)C(C)(C)C1)C(=O)CNC1CC(C)(C)N(O)C(C)(C)C1. The number of benzene rings is 5. The molecular weight excluding hydrogens is 1150 g/mol. The fourth-order valence-electron chi connectivity index (χ4n) is 13.7. The van der Waals surface area contributed by atoms with Crippen LogP contribution >= 0.6 is 0 Å². The number of nitrogens with two attached hydrogens (primary N) is 1. The summed E-state index contributed by atoms with van der Waals surface area (Å²) >= 11 is 0. The summed E-state index contributed by atoms with van der Waals surface area (Å²) in [4.78, 5) is 114. The summed E-state index contributed by atoms with van der Waals surface area (Å²) in [5, 5.41) is 28.9. The Morgan fingerprint density at radius 2 is 0.637 bits per heavy atom. The monoisotopic (exact) mass is 1250 g/mol. The van der Waals surface area contributed by atoms with Gasteiger partial charge in [-0.2, -0.15) is 10.1 Å². The molecule has 5 aromatic rings. The molecule has 2 unspecified atom stereocenters. The Bertz CT molecular complexity index is 3230. The topological polar surface area (TPSA) is 224 Å². The lowest BCUT2D eigenvalue weighted by molar-refractivity contribution is -0.251. The molecule has 2 fully saturated rings. The second-order valence-corrected chi connectivity index (χ2v) is 27.5. The maximum Gasteiger partial charge on any atom is 0.243 e. The van der Waals surface area contributed by atoms with E-state index < -0.39 is 133 Å². The lowest BCUT2D eigenvalue weighted by Crippen LogP contribution is -2.65. The number of hydroxylamine groups is 4. The van der Waals surface area contributed by atoms with Gasteiger partial charge in [-0.25, -0.2) is 0 Å². The Balaban J connectivity index is 1.26. The number of carbonyl (C=O) groups excluding carboxylic acids is 7. The zero-order valence-corrected chi connectivity index (χ0v) is 55.7. The molecule has 0 radical (unpaired) electrons. The molecule has 2 heterocycles. The van der Waals surface area contributed by atoms with Gasteiger partial charge in [-0.05, 0) is 144 Å². The fraction of sp³-hybridized carbons (Fsp3) is 0.486. The number of carbonyl (C=O) groups is 7. The Morgan fingerprint density at radius 1 is 0.396 bits per heavy atom. The molecule has 5 N–H and O–H groups in total. The van der Waals surface area contributed by atoms with Crippen LogP contribution in [-0.4, -0.2) is 171 Å². The summed E-state index contributed by atoms with van der Waals surface area (Å²) in [6.45, 7) is 21.4. The molecule has 0 aromatic heterocycles. The van der Waals surface area contributed by atoms with Gasteiger partial charge in [0, 0.05) is 34.2 Å². The zero-order valence-electron chi connectivity index (χ0n) is 55.7. The Labute approximate surface area is 539 Å². The second kappa shape index (κ2) is 30.1. The Morgan fingerprint density at radius 3 is 0.923 bits per heavy atom. The molecule has 19 nitrogen and oxygen atoms in total. The van der Waals surface area contributed by atoms with Crippen molar-refractivity contribution >= 4 is 41.4 Å². The highest BCUT2D eigenvalue weighted by Gasteiger charge is 2.49. The van der Waals surface area contributed by atoms with Gasteiger partial charge in [-0.3, -0.25) is 33.6 Å². The average Bonchev–Trinajstić information content (AvgIpc) is 0.805. The minimum atomic E-state index is -0.888. The molecule has 2 aliphatic heterocycles. The van der Waals surface area contributed by atoms with E-state index >= 15 is 19.2 Å². The van der Waals surface area contributed by atoms with Crippen LogP contribution in [0.5, 0.6) is 0 Å². The van der Waals surface area contributed by atoms with Crippen LogP contribution in [-0.2, 0) is 33.6 Å². The lowest BCUT2D eigenvalue weighted by atomic mass is 9.78. The number of primary amides is 1. The highest BCUT2D eigenvalue weighted by Crippen LogP contribution is 2.40. The number of nitrogens with zero attached hydrogens (tertiary/aromatic N) is 8. The Hall–Kier alpha value is -7.81. The molecule has 19 heteroatoms. The molecular formula is C72H98N10O9. The molecule has 7 amide bonds. The van der Waals surface area contributed by atoms with Crippen molar-refractivity contribution in [2.45, 2.75) is 180 Å². The van der Waals surface area contributed by atoms with Crippen molar-refractivity contribution in [1.82, 2.24) is 44.8 Å². The fourth-order valence-corrected chi connectivity index (χ4v) is 13.7. The van der Waals surface area contributed by atoms with Crippen LogP contribution in [0.1, 0.15) is 174 Å². The van der Waals surface area contributed by atoms with E-state index in [1.54, 1.807) is 25.7 Å². The van der Waals surface area contributed by atoms with Gasteiger partial charge in [0.05, 0.1) is 43.3 Å². The first-order valence-electron chi connectivity index (χ1n) is 31.8. The van der Waals surface area contributed by atoms with E-state index in [4.69, 9.17) is 5.73 Å². The minimum absolute atomic E-state index is 0.111. The predicted molar refractivity (Wildman–Crippen MR) is 351 cm³/mol. The van der Waals surface area contributed by atoms with Gasteiger partial charge in [0.1, 0.15) is 32.7 Å². The second-order valence-electron chi connectivity index (χ2n) is 27.5. The molecule has 0 spiro atoms. The molecule has 5 atom stereocenters. The van der Waals surface area contributed by atoms with E-state index in [0.717, 1.165) is 11.1 Å². The number of rotatable bonds is 26. The molecule has 7 rings (SSSR count). The van der Waals surface area contributed by atoms with Crippen molar-refractivity contribution in [1.29, 1.82) is 0 Å². The molecule has 0 aliphatic carbocycles. The molecule has 490 valence electrons. The zero-order chi connectivity index (χ0) is 66.8. The normalized spacial score (nSPS) is 18.1. The number of hydrogen-bond donors (Lipinski definition) is 4. The number of amides is 7. The van der Waals surface area contributed by atoms with Crippen LogP contribution in [0.15, 0.2) is 152 Å². The van der Waals surface area contributed by atoms with Crippen molar-refractivity contribution in [3.8, 4) is 0 Å². The van der Waals surface area contributed by atoms with E-state index in [1.807, 2.05) is 221 Å². The molecule has 5 aromatic carbocycles. The summed E-state index contributed by atoms with van der Waals surface area (Å²) in [5.41, 5.74) is 6.45. The van der Waals surface area contributed by atoms with Gasteiger partial charge in [-0.1, -0.05) is 152 Å². The third kappa shape index (κ3) is 17.6. The van der Waals surface area contributed by atoms with Crippen LogP contribution in [0.3, 0.4) is 0 Å². The Kier molecular flexibility index (Phi) is 23.4. The smallest absolute Gasteiger partial charge is 0.243 e. The largest absolute Gasteiger partial charge is 0.368 e. The van der Waals surface area contributed by atoms with E-state index in [0.29, 0.717) is 29.5 Å². The molecule has 0 bridgehead atoms. The first-order valence-corrected chi connectivity index (χ1v) is 31.8. The molecule has 2 saturated heterocycles. The quantitative estimate of drug-likeness (QED) is 0.0406. The van der Waals surface area contributed by atoms with Crippen LogP contribution in [0.2, 0.25) is 0 Å². The number of piperidine rings is 2. The van der Waals surface area contributed by atoms with Crippen molar-refractivity contribution in [3.63, 3.8) is 0 Å². The third-order valence-corrected chi connectivity index (χ3v) is 18.8. The van der Waals surface area contributed by atoms with Crippen LogP contribution in [0.25, 0.3) is 0 Å². The molecule has 2 aliphatic rings. The lowest BCUT2D eigenvalue weighted by Gasteiger charge is -2.53. The van der Waals surface area contributed by atoms with Gasteiger partial charge >= 0.3 is 0 Å². The average molecular weight is 1250 g/mol. The molecule has 91 heavy (non-hydrogen) atoms. The van der Waals surface area contributed by atoms with E-state index in [-0.39, 0.29) is 31.3 Å². The summed E-state index contributed by atoms with van der Waals surface area (Å²) in [7, 11) is 0. The third-order valence-electron chi connectivity index (χ3n) is 18.8. The minimum Gasteiger partial charge on any atom is -0.368 e. The standard InChI is InChI=1S/C72H98N10O9/c1-50(55-29-19-14-20-30-55)75(44-62(73)83)64(85)45-77(52(3)57-33-23-16-24-34-57)65(86)46-78(53(4)58-35-25-17-26-36-58)66(87)47-79(54(5)59-37-27-18-28-38-59)67(88)49-80(61-41-71(10,11)82(91)72(12,13)42-61)68(89)48-76(51(2)56-31-21-15-22-32-56)63(84)43-74-60-39-69(6,7)81(90)70(8,9)40-60/h14-38,50-54,60-61,74,90-91H,39-49H2,1-13H3,(H2,73,83)/t50-,51?,52?,53-,54-/m1/s1. The van der Waals surface area contributed by atoms with Crippen molar-refractivity contribution in [3.05, 3.63) is 179 Å². The maximum absolute atomic E-state index is 15.9. The summed E-state index contributed by atoms with van der Waals surface area (Å²) in [6.07, 6.45) is 1.60. The highest BCUT2D eigenvalue weighted by molar-refractivity contribution is 5.93. The van der Waals surface area contributed by atoms with Crippen LogP contribution in [0, 0.1) is 0 Å². The maximum atomic E-state index is 15.9. The van der Waals surface area contributed by atoms with Gasteiger partial charge in [-0.15, -0.1) is 0 Å². The van der Waals surface area contributed by atoms with E-state index in [9.17, 15) is 24.8 Å². The first-order chi connectivity index (χ1) is 42.8. The van der Waals surface area contributed by atoms with Gasteiger partial charge in [0.15, 0.2) is 0 Å². The summed E-state index contributed by atoms with van der Waals surface area (Å²) in [5.74, 6) is -3.90. The van der Waals surface area contributed by atoms with Gasteiger partial charge in [0.2, 0.25) is 41.4 Å². The van der Waals surface area contributed by atoms with Crippen molar-refractivity contribution < 1.29 is 44.0 Å². The molecule has 0 saturated carbocycles. The van der Waals surface area contributed by atoms with Crippen LogP contribution in [0.4, 0.5) is 0 Å². The van der Waals surface area contributed by atoms with Crippen molar-refractivity contribution in [2.24, 2.45) is 5.73 Å². The van der Waals surface area contributed by atoms with Crippen LogP contribution < -0.4 is 11.1 Å². The number of nitrogens with one attached hydrogen (secondary N) is 1. The van der Waals surface area contributed by atoms with Gasteiger partial charge < -0.3 is 50.9 Å². The number of hydrogen-bond acceptors (Lipinski definition) is 12. The van der Waals surface area contributed by atoms with Crippen molar-refractivity contribution in [2.75, 3.05) is 45.8 Å². The first kappa shape index (κ1) is 70.6. The van der Waals surface area contributed by atoms with Gasteiger partial charge in [0.25, 0.3) is 0 Å².